The van der Waals surface area contributed by atoms with Crippen LogP contribution in [0.25, 0.3) is 0 Å². The lowest BCUT2D eigenvalue weighted by Crippen LogP contribution is -2.40. The molecule has 0 saturated carbocycles. The van der Waals surface area contributed by atoms with Gasteiger partial charge in [0.15, 0.2) is 6.07 Å². The van der Waals surface area contributed by atoms with E-state index in [1.165, 1.54) is 0 Å². The Bertz CT molecular complexity index is 895. The number of hydrogen-bond acceptors (Lipinski definition) is 5. The number of hydrogen-bond donors (Lipinski definition) is 1. The quantitative estimate of drug-likeness (QED) is 0.614. The fraction of sp³-hybridized carbons (Fsp3) is 0.300. The van der Waals surface area contributed by atoms with Crippen molar-refractivity contribution in [3.8, 4) is 6.07 Å². The first-order valence-corrected chi connectivity index (χ1v) is 9.34. The zero-order valence-corrected chi connectivity index (χ0v) is 16.2. The smallest absolute Gasteiger partial charge is 0.339 e. The van der Waals surface area contributed by atoms with Gasteiger partial charge in [0.05, 0.1) is 22.2 Å². The molecule has 1 aliphatic heterocycles. The van der Waals surface area contributed by atoms with Crippen molar-refractivity contribution in [3.63, 3.8) is 0 Å². The minimum Gasteiger partial charge on any atom is -0.446 e. The van der Waals surface area contributed by atoms with E-state index in [0.717, 1.165) is 11.3 Å². The molecule has 5 nitrogen and oxygen atoms in total. The van der Waals surface area contributed by atoms with Crippen LogP contribution in [0.3, 0.4) is 0 Å². The average Bonchev–Trinajstić information content (AvgIpc) is 2.98. The van der Waals surface area contributed by atoms with Gasteiger partial charge in [-0.25, -0.2) is 4.79 Å². The molecule has 1 saturated heterocycles. The molecule has 1 N–H and O–H groups in total. The van der Waals surface area contributed by atoms with Gasteiger partial charge < -0.3 is 14.7 Å². The van der Waals surface area contributed by atoms with Crippen LogP contribution in [0.1, 0.15) is 34.8 Å². The fourth-order valence-corrected chi connectivity index (χ4v) is 3.81. The SMILES string of the molecule is C[C@@H]1N(c2ccc(C#N)c(Cl)c2)CC[C@@]1(O)c1ccc(C(=O)OCCl)cc1. The Balaban J connectivity index is 1.84. The number of nitrogens with zero attached hydrogens (tertiary/aromatic N) is 2. The Labute approximate surface area is 167 Å². The second-order valence-corrected chi connectivity index (χ2v) is 7.06. The third kappa shape index (κ3) is 3.61. The lowest BCUT2D eigenvalue weighted by Gasteiger charge is -2.33. The molecule has 1 heterocycles. The molecule has 0 spiro atoms. The van der Waals surface area contributed by atoms with Crippen LogP contribution < -0.4 is 4.90 Å². The number of anilines is 1. The summed E-state index contributed by atoms with van der Waals surface area (Å²) >= 11 is 11.6. The lowest BCUT2D eigenvalue weighted by atomic mass is 9.87. The molecule has 2 aromatic rings. The lowest BCUT2D eigenvalue weighted by molar-refractivity contribution is 0.0329. The molecule has 140 valence electrons. The molecule has 0 amide bonds. The maximum absolute atomic E-state index is 11.7. The number of esters is 1. The maximum Gasteiger partial charge on any atom is 0.339 e. The number of carbonyl (C=O) groups is 1. The van der Waals surface area contributed by atoms with Crippen LogP contribution in [0.2, 0.25) is 5.02 Å². The maximum atomic E-state index is 11.7. The number of alkyl halides is 1. The van der Waals surface area contributed by atoms with Gasteiger partial charge >= 0.3 is 5.97 Å². The molecule has 0 aliphatic carbocycles. The fourth-order valence-electron chi connectivity index (χ4n) is 3.49. The summed E-state index contributed by atoms with van der Waals surface area (Å²) in [4.78, 5) is 13.8. The number of rotatable bonds is 4. The molecule has 0 aromatic heterocycles. The Morgan fingerprint density at radius 3 is 2.67 bits per heavy atom. The molecule has 27 heavy (non-hydrogen) atoms. The number of carbonyl (C=O) groups excluding carboxylic acids is 1. The normalized spacial score (nSPS) is 21.7. The van der Waals surface area contributed by atoms with E-state index in [4.69, 9.17) is 33.2 Å². The molecule has 1 aliphatic rings. The molecule has 7 heteroatoms. The van der Waals surface area contributed by atoms with Gasteiger partial charge in [0.25, 0.3) is 0 Å². The van der Waals surface area contributed by atoms with Crippen molar-refractivity contribution in [2.24, 2.45) is 0 Å². The van der Waals surface area contributed by atoms with Gasteiger partial charge in [-0.1, -0.05) is 35.3 Å². The minimum absolute atomic E-state index is 0.205. The van der Waals surface area contributed by atoms with Crippen molar-refractivity contribution in [1.82, 2.24) is 0 Å². The molecule has 0 bridgehead atoms. The van der Waals surface area contributed by atoms with Crippen molar-refractivity contribution in [2.75, 3.05) is 17.5 Å². The van der Waals surface area contributed by atoms with Crippen molar-refractivity contribution in [1.29, 1.82) is 5.26 Å². The summed E-state index contributed by atoms with van der Waals surface area (Å²) in [5.74, 6) is -0.503. The summed E-state index contributed by atoms with van der Waals surface area (Å²) in [5, 5.41) is 20.7. The summed E-state index contributed by atoms with van der Waals surface area (Å²) in [6.45, 7) is 2.57. The highest BCUT2D eigenvalue weighted by molar-refractivity contribution is 6.32. The van der Waals surface area contributed by atoms with Gasteiger partial charge in [-0.2, -0.15) is 5.26 Å². The Hall–Kier alpha value is -2.26. The van der Waals surface area contributed by atoms with Gasteiger partial charge in [0.2, 0.25) is 0 Å². The third-order valence-electron chi connectivity index (χ3n) is 5.10. The molecule has 1 fully saturated rings. The molecule has 0 unspecified atom stereocenters. The Kier molecular flexibility index (Phi) is 5.61. The highest BCUT2D eigenvalue weighted by Gasteiger charge is 2.44. The highest BCUT2D eigenvalue weighted by atomic mass is 35.5. The minimum atomic E-state index is -1.07. The molecule has 2 atom stereocenters. The Morgan fingerprint density at radius 2 is 2.07 bits per heavy atom. The van der Waals surface area contributed by atoms with Crippen LogP contribution in [-0.2, 0) is 10.3 Å². The first-order valence-electron chi connectivity index (χ1n) is 8.43. The summed E-state index contributed by atoms with van der Waals surface area (Å²) in [7, 11) is 0. The number of aliphatic hydroxyl groups is 1. The molecular weight excluding hydrogens is 387 g/mol. The number of halogens is 2. The van der Waals surface area contributed by atoms with Crippen molar-refractivity contribution < 1.29 is 14.6 Å². The molecule has 3 rings (SSSR count). The summed E-state index contributed by atoms with van der Waals surface area (Å²) in [5.41, 5.74) is 1.30. The first-order chi connectivity index (χ1) is 12.9. The largest absolute Gasteiger partial charge is 0.446 e. The summed E-state index contributed by atoms with van der Waals surface area (Å²) in [6, 6.07) is 13.6. The molecule has 2 aromatic carbocycles. The van der Waals surface area contributed by atoms with E-state index in [1.807, 2.05) is 19.1 Å². The highest BCUT2D eigenvalue weighted by Crippen LogP contribution is 2.40. The van der Waals surface area contributed by atoms with Crippen LogP contribution in [0.15, 0.2) is 42.5 Å². The van der Waals surface area contributed by atoms with Crippen LogP contribution in [0.5, 0.6) is 0 Å². The average molecular weight is 405 g/mol. The van der Waals surface area contributed by atoms with Crippen molar-refractivity contribution in [3.05, 3.63) is 64.2 Å². The van der Waals surface area contributed by atoms with E-state index in [-0.39, 0.29) is 12.1 Å². The number of nitriles is 1. The topological polar surface area (TPSA) is 73.6 Å². The van der Waals surface area contributed by atoms with E-state index in [1.54, 1.807) is 36.4 Å². The predicted octanol–water partition coefficient (Wildman–Crippen LogP) is 4.05. The van der Waals surface area contributed by atoms with E-state index < -0.39 is 11.6 Å². The van der Waals surface area contributed by atoms with Gasteiger partial charge in [0, 0.05) is 12.2 Å². The standard InChI is InChI=1S/C20H18Cl2N2O3/c1-13-20(26,16-5-2-14(3-6-16)19(25)27-12-21)8-9-24(13)17-7-4-15(11-23)18(22)10-17/h2-7,10,13,26H,8-9,12H2,1H3/t13-,20-/m0/s1. The monoisotopic (exact) mass is 404 g/mol. The zero-order valence-electron chi connectivity index (χ0n) is 14.7. The third-order valence-corrected chi connectivity index (χ3v) is 5.53. The van der Waals surface area contributed by atoms with Gasteiger partial charge in [-0.05, 0) is 49.2 Å². The van der Waals surface area contributed by atoms with E-state index in [2.05, 4.69) is 4.90 Å². The van der Waals surface area contributed by atoms with Crippen LogP contribution in [-0.4, -0.2) is 29.7 Å². The first kappa shape index (κ1) is 19.5. The summed E-state index contributed by atoms with van der Waals surface area (Å²) in [6.07, 6.45) is 0.525. The molecular formula is C20H18Cl2N2O3. The van der Waals surface area contributed by atoms with Crippen LogP contribution >= 0.6 is 23.2 Å². The summed E-state index contributed by atoms with van der Waals surface area (Å²) < 4.78 is 4.76. The predicted molar refractivity (Wildman–Crippen MR) is 104 cm³/mol. The van der Waals surface area contributed by atoms with E-state index >= 15 is 0 Å². The van der Waals surface area contributed by atoms with Gasteiger partial charge in [-0.15, -0.1) is 0 Å². The molecule has 0 radical (unpaired) electrons. The Morgan fingerprint density at radius 1 is 1.37 bits per heavy atom. The van der Waals surface area contributed by atoms with E-state index in [0.29, 0.717) is 29.1 Å². The number of ether oxygens (including phenoxy) is 1. The van der Waals surface area contributed by atoms with E-state index in [9.17, 15) is 9.90 Å². The van der Waals surface area contributed by atoms with Crippen molar-refractivity contribution in [2.45, 2.75) is 25.0 Å². The second-order valence-electron chi connectivity index (χ2n) is 6.44. The second kappa shape index (κ2) is 7.77. The van der Waals surface area contributed by atoms with Crippen LogP contribution in [0, 0.1) is 11.3 Å². The van der Waals surface area contributed by atoms with Gasteiger partial charge in [-0.3, -0.25) is 0 Å². The van der Waals surface area contributed by atoms with Crippen LogP contribution in [0.4, 0.5) is 5.69 Å². The zero-order chi connectivity index (χ0) is 19.6. The number of benzene rings is 2. The van der Waals surface area contributed by atoms with Crippen molar-refractivity contribution >= 4 is 34.9 Å². The van der Waals surface area contributed by atoms with Gasteiger partial charge in [0.1, 0.15) is 11.7 Å².